The molecule has 0 aliphatic heterocycles. The second kappa shape index (κ2) is 11.5. The Kier molecular flexibility index (Phi) is 8.46. The second-order valence-corrected chi connectivity index (χ2v) is 7.98. The van der Waals surface area contributed by atoms with Gasteiger partial charge in [-0.25, -0.2) is 4.68 Å². The number of fused-ring (bicyclic) bond motifs is 1. The number of carbonyl (C=O) groups excluding carboxylic acids is 1. The molecule has 3 rings (SSSR count). The molecule has 33 heavy (non-hydrogen) atoms. The lowest BCUT2D eigenvalue weighted by molar-refractivity contribution is -0.131. The lowest BCUT2D eigenvalue weighted by atomic mass is 10.1. The van der Waals surface area contributed by atoms with Gasteiger partial charge in [-0.1, -0.05) is 38.1 Å². The molecule has 0 aliphatic rings. The Morgan fingerprint density at radius 2 is 1.76 bits per heavy atom. The number of aryl methyl sites for hydroxylation is 1. The number of ether oxygens (including phenoxy) is 2. The van der Waals surface area contributed by atoms with Gasteiger partial charge in [0.15, 0.2) is 11.5 Å². The third-order valence-electron chi connectivity index (χ3n) is 5.34. The summed E-state index contributed by atoms with van der Waals surface area (Å²) in [6, 6.07) is 13.1. The summed E-state index contributed by atoms with van der Waals surface area (Å²) in [6.45, 7) is 8.30. The van der Waals surface area contributed by atoms with Crippen molar-refractivity contribution in [2.75, 3.05) is 19.8 Å². The Morgan fingerprint density at radius 1 is 1.00 bits per heavy atom. The van der Waals surface area contributed by atoms with Crippen LogP contribution in [0.15, 0.2) is 47.3 Å². The predicted octanol–water partition coefficient (Wildman–Crippen LogP) is 4.10. The van der Waals surface area contributed by atoms with Gasteiger partial charge in [-0.05, 0) is 43.5 Å². The molecule has 0 aliphatic carbocycles. The van der Waals surface area contributed by atoms with E-state index in [0.717, 1.165) is 29.5 Å². The van der Waals surface area contributed by atoms with Crippen LogP contribution in [0.3, 0.4) is 0 Å². The van der Waals surface area contributed by atoms with Gasteiger partial charge >= 0.3 is 0 Å². The highest BCUT2D eigenvalue weighted by molar-refractivity contribution is 5.88. The Morgan fingerprint density at radius 3 is 2.45 bits per heavy atom. The number of benzene rings is 2. The van der Waals surface area contributed by atoms with Crippen LogP contribution in [0.25, 0.3) is 10.8 Å². The highest BCUT2D eigenvalue weighted by Gasteiger charge is 2.18. The maximum Gasteiger partial charge on any atom is 0.274 e. The van der Waals surface area contributed by atoms with E-state index in [1.165, 1.54) is 4.68 Å². The average molecular weight is 452 g/mol. The van der Waals surface area contributed by atoms with Gasteiger partial charge in [0, 0.05) is 25.5 Å². The largest absolute Gasteiger partial charge is 0.490 e. The van der Waals surface area contributed by atoms with Crippen LogP contribution in [0.5, 0.6) is 11.5 Å². The number of hydrogen-bond acceptors (Lipinski definition) is 5. The van der Waals surface area contributed by atoms with Gasteiger partial charge in [-0.3, -0.25) is 9.59 Å². The number of hydrogen-bond donors (Lipinski definition) is 0. The highest BCUT2D eigenvalue weighted by Crippen LogP contribution is 2.29. The summed E-state index contributed by atoms with van der Waals surface area (Å²) < 4.78 is 12.9. The highest BCUT2D eigenvalue weighted by atomic mass is 16.5. The van der Waals surface area contributed by atoms with Crippen molar-refractivity contribution in [3.8, 4) is 11.5 Å². The zero-order valence-corrected chi connectivity index (χ0v) is 20.0. The number of rotatable bonds is 11. The van der Waals surface area contributed by atoms with Crippen molar-refractivity contribution in [2.45, 2.75) is 46.6 Å². The van der Waals surface area contributed by atoms with E-state index < -0.39 is 0 Å². The molecular weight excluding hydrogens is 418 g/mol. The number of aromatic nitrogens is 2. The lowest BCUT2D eigenvalue weighted by Crippen LogP contribution is -2.33. The Balaban J connectivity index is 1.84. The fraction of sp³-hybridized carbons (Fsp3) is 0.423. The molecule has 1 aromatic heterocycles. The minimum absolute atomic E-state index is 0.0302. The van der Waals surface area contributed by atoms with Crippen LogP contribution in [-0.2, 0) is 24.8 Å². The van der Waals surface area contributed by atoms with Crippen molar-refractivity contribution in [1.29, 1.82) is 0 Å². The van der Waals surface area contributed by atoms with Crippen molar-refractivity contribution in [2.24, 2.45) is 7.05 Å². The monoisotopic (exact) mass is 451 g/mol. The minimum atomic E-state index is -0.166. The first-order valence-corrected chi connectivity index (χ1v) is 11.6. The van der Waals surface area contributed by atoms with Crippen LogP contribution in [0, 0.1) is 0 Å². The summed E-state index contributed by atoms with van der Waals surface area (Å²) in [7, 11) is 1.62. The van der Waals surface area contributed by atoms with Crippen LogP contribution in [0.4, 0.5) is 0 Å². The van der Waals surface area contributed by atoms with Crippen molar-refractivity contribution in [1.82, 2.24) is 14.7 Å². The van der Waals surface area contributed by atoms with Gasteiger partial charge in [-0.2, -0.15) is 5.10 Å². The SMILES string of the molecule is CCCOc1ccc(CN(CCC)C(=O)Cc2nn(C)c(=O)c3ccccc23)cc1OCC. The summed E-state index contributed by atoms with van der Waals surface area (Å²) in [6.07, 6.45) is 1.88. The topological polar surface area (TPSA) is 73.7 Å². The molecule has 0 spiro atoms. The minimum Gasteiger partial charge on any atom is -0.490 e. The van der Waals surface area contributed by atoms with E-state index in [1.807, 2.05) is 55.1 Å². The molecule has 1 amide bonds. The molecule has 2 aromatic carbocycles. The van der Waals surface area contributed by atoms with E-state index >= 15 is 0 Å². The van der Waals surface area contributed by atoms with E-state index in [0.29, 0.717) is 43.1 Å². The first-order valence-electron chi connectivity index (χ1n) is 11.6. The van der Waals surface area contributed by atoms with E-state index in [-0.39, 0.29) is 17.9 Å². The third kappa shape index (κ3) is 5.92. The summed E-state index contributed by atoms with van der Waals surface area (Å²) in [5.74, 6) is 1.38. The molecule has 3 aromatic rings. The van der Waals surface area contributed by atoms with Crippen molar-refractivity contribution >= 4 is 16.7 Å². The number of amides is 1. The van der Waals surface area contributed by atoms with Gasteiger partial charge in [0.25, 0.3) is 5.56 Å². The molecule has 7 nitrogen and oxygen atoms in total. The van der Waals surface area contributed by atoms with Crippen LogP contribution in [0.1, 0.15) is 44.9 Å². The van der Waals surface area contributed by atoms with Crippen LogP contribution >= 0.6 is 0 Å². The smallest absolute Gasteiger partial charge is 0.274 e. The van der Waals surface area contributed by atoms with Crippen molar-refractivity contribution < 1.29 is 14.3 Å². The van der Waals surface area contributed by atoms with Crippen molar-refractivity contribution in [3.05, 3.63) is 64.1 Å². The Bertz CT molecular complexity index is 1160. The molecule has 176 valence electrons. The number of carbonyl (C=O) groups is 1. The van der Waals surface area contributed by atoms with Gasteiger partial charge in [0.05, 0.1) is 30.7 Å². The summed E-state index contributed by atoms with van der Waals surface area (Å²) in [5, 5.41) is 5.69. The molecule has 0 atom stereocenters. The fourth-order valence-corrected chi connectivity index (χ4v) is 3.79. The van der Waals surface area contributed by atoms with E-state index in [1.54, 1.807) is 13.1 Å². The lowest BCUT2D eigenvalue weighted by Gasteiger charge is -2.23. The molecule has 0 saturated heterocycles. The maximum atomic E-state index is 13.3. The molecule has 0 saturated carbocycles. The Labute approximate surface area is 194 Å². The molecule has 7 heteroatoms. The van der Waals surface area contributed by atoms with E-state index in [2.05, 4.69) is 12.0 Å². The quantitative estimate of drug-likeness (QED) is 0.439. The third-order valence-corrected chi connectivity index (χ3v) is 5.34. The average Bonchev–Trinajstić information content (AvgIpc) is 2.82. The maximum absolute atomic E-state index is 13.3. The van der Waals surface area contributed by atoms with Gasteiger partial charge < -0.3 is 14.4 Å². The Hall–Kier alpha value is -3.35. The molecule has 0 N–H and O–H groups in total. The fourth-order valence-electron chi connectivity index (χ4n) is 3.79. The summed E-state index contributed by atoms with van der Waals surface area (Å²) in [4.78, 5) is 27.5. The molecule has 1 heterocycles. The molecular formula is C26H33N3O4. The zero-order chi connectivity index (χ0) is 23.8. The van der Waals surface area contributed by atoms with Crippen LogP contribution < -0.4 is 15.0 Å². The van der Waals surface area contributed by atoms with E-state index in [4.69, 9.17) is 9.47 Å². The van der Waals surface area contributed by atoms with Crippen LogP contribution in [-0.4, -0.2) is 40.3 Å². The van der Waals surface area contributed by atoms with Gasteiger partial charge in [0.1, 0.15) is 0 Å². The summed E-state index contributed by atoms with van der Waals surface area (Å²) in [5.41, 5.74) is 1.42. The first kappa shape index (κ1) is 24.3. The van der Waals surface area contributed by atoms with Gasteiger partial charge in [0.2, 0.25) is 5.91 Å². The summed E-state index contributed by atoms with van der Waals surface area (Å²) >= 11 is 0. The van der Waals surface area contributed by atoms with E-state index in [9.17, 15) is 9.59 Å². The predicted molar refractivity (Wildman–Crippen MR) is 130 cm³/mol. The molecule has 0 fully saturated rings. The van der Waals surface area contributed by atoms with Gasteiger partial charge in [-0.15, -0.1) is 0 Å². The van der Waals surface area contributed by atoms with Crippen molar-refractivity contribution in [3.63, 3.8) is 0 Å². The molecule has 0 bridgehead atoms. The molecule has 0 radical (unpaired) electrons. The standard InChI is InChI=1S/C26H33N3O4/c1-5-14-29(18-19-12-13-23(33-15-6-2)24(16-19)32-7-3)25(30)17-22-20-10-8-9-11-21(20)26(31)28(4)27-22/h8-13,16H,5-7,14-15,17-18H2,1-4H3. The zero-order valence-electron chi connectivity index (χ0n) is 20.0. The first-order chi connectivity index (χ1) is 16.0. The second-order valence-electron chi connectivity index (χ2n) is 7.98. The normalized spacial score (nSPS) is 10.9. The van der Waals surface area contributed by atoms with Crippen LogP contribution in [0.2, 0.25) is 0 Å². The molecule has 0 unspecified atom stereocenters. The number of nitrogens with zero attached hydrogens (tertiary/aromatic N) is 3.